The highest BCUT2D eigenvalue weighted by Crippen LogP contribution is 2.34. The van der Waals surface area contributed by atoms with Crippen LogP contribution in [-0.2, 0) is 16.7 Å². The van der Waals surface area contributed by atoms with Crippen molar-refractivity contribution in [3.8, 4) is 5.88 Å². The van der Waals surface area contributed by atoms with E-state index in [4.69, 9.17) is 15.8 Å². The molecule has 0 saturated carbocycles. The monoisotopic (exact) mass is 500 g/mol. The summed E-state index contributed by atoms with van der Waals surface area (Å²) in [5.74, 6) is -0.469. The van der Waals surface area contributed by atoms with Crippen LogP contribution in [0, 0.1) is 20.8 Å². The van der Waals surface area contributed by atoms with E-state index in [2.05, 4.69) is 5.10 Å². The molecular weight excluding hydrogens is 472 g/mol. The molecule has 34 heavy (non-hydrogen) atoms. The lowest BCUT2D eigenvalue weighted by atomic mass is 9.91. The van der Waals surface area contributed by atoms with Crippen LogP contribution in [0.25, 0.3) is 5.57 Å². The van der Waals surface area contributed by atoms with E-state index in [9.17, 15) is 13.2 Å². The topological polar surface area (TPSA) is 78.3 Å². The molecule has 2 aromatic carbocycles. The van der Waals surface area contributed by atoms with Crippen molar-refractivity contribution in [2.24, 2.45) is 0 Å². The molecule has 6 nitrogen and oxygen atoms in total. The van der Waals surface area contributed by atoms with Gasteiger partial charge in [0.25, 0.3) is 0 Å². The van der Waals surface area contributed by atoms with Gasteiger partial charge in [-0.15, -0.1) is 0 Å². The Morgan fingerprint density at radius 1 is 1.00 bits per heavy atom. The van der Waals surface area contributed by atoms with Crippen LogP contribution in [0.4, 0.5) is 0 Å². The van der Waals surface area contributed by atoms with Crippen molar-refractivity contribution in [3.63, 3.8) is 0 Å². The number of hydrogen-bond acceptors (Lipinski definition) is 5. The standard InChI is InChI=1S/C26H29ClN2O4S/c1-8-29-26(33-34(31,32)20-11-9-16(4)10-12-20)24(19(7)28-29)25(30)21-13-14-22(27)23(18(21)6)17(5)15(2)3/h9-14H,8H2,1-7H3. The van der Waals surface area contributed by atoms with Gasteiger partial charge >= 0.3 is 10.1 Å². The van der Waals surface area contributed by atoms with Crippen LogP contribution in [-0.4, -0.2) is 24.0 Å². The van der Waals surface area contributed by atoms with Crippen LogP contribution in [0.15, 0.2) is 46.9 Å². The quantitative estimate of drug-likeness (QED) is 0.281. The molecule has 0 radical (unpaired) electrons. The molecule has 0 saturated heterocycles. The number of aromatic nitrogens is 2. The Balaban J connectivity index is 2.17. The van der Waals surface area contributed by atoms with E-state index in [0.717, 1.165) is 22.3 Å². The highest BCUT2D eigenvalue weighted by molar-refractivity contribution is 7.87. The van der Waals surface area contributed by atoms with Gasteiger partial charge in [0, 0.05) is 17.1 Å². The van der Waals surface area contributed by atoms with Crippen molar-refractivity contribution >= 4 is 33.1 Å². The fourth-order valence-electron chi connectivity index (χ4n) is 3.75. The second kappa shape index (κ2) is 9.76. The molecule has 0 bridgehead atoms. The van der Waals surface area contributed by atoms with Gasteiger partial charge in [-0.25, -0.2) is 4.68 Å². The van der Waals surface area contributed by atoms with Gasteiger partial charge in [-0.05, 0) is 89.4 Å². The number of benzene rings is 2. The van der Waals surface area contributed by atoms with Crippen molar-refractivity contribution in [2.45, 2.75) is 59.9 Å². The number of halogens is 1. The van der Waals surface area contributed by atoms with Crippen LogP contribution in [0.3, 0.4) is 0 Å². The van der Waals surface area contributed by atoms with Crippen LogP contribution in [0.2, 0.25) is 5.02 Å². The van der Waals surface area contributed by atoms with Crippen molar-refractivity contribution in [1.82, 2.24) is 9.78 Å². The van der Waals surface area contributed by atoms with Crippen LogP contribution >= 0.6 is 11.6 Å². The highest BCUT2D eigenvalue weighted by Gasteiger charge is 2.30. The van der Waals surface area contributed by atoms with Crippen molar-refractivity contribution in [2.75, 3.05) is 0 Å². The Morgan fingerprint density at radius 2 is 1.62 bits per heavy atom. The number of carbonyl (C=O) groups excluding carboxylic acids is 1. The summed E-state index contributed by atoms with van der Waals surface area (Å²) in [5, 5.41) is 4.92. The Morgan fingerprint density at radius 3 is 2.18 bits per heavy atom. The summed E-state index contributed by atoms with van der Waals surface area (Å²) in [6, 6.07) is 9.67. The Labute approximate surface area is 206 Å². The molecule has 0 amide bonds. The fraction of sp³-hybridized carbons (Fsp3) is 0.308. The minimum atomic E-state index is -4.18. The number of nitrogens with zero attached hydrogens (tertiary/aromatic N) is 2. The molecule has 0 aliphatic carbocycles. The Kier molecular flexibility index (Phi) is 7.38. The van der Waals surface area contributed by atoms with E-state index in [1.54, 1.807) is 38.1 Å². The highest BCUT2D eigenvalue weighted by atomic mass is 35.5. The van der Waals surface area contributed by atoms with Gasteiger partial charge < -0.3 is 4.18 Å². The van der Waals surface area contributed by atoms with Gasteiger partial charge in [0.1, 0.15) is 10.5 Å². The minimum absolute atomic E-state index is 0.00199. The van der Waals surface area contributed by atoms with Gasteiger partial charge in [-0.1, -0.05) is 34.9 Å². The van der Waals surface area contributed by atoms with Crippen LogP contribution < -0.4 is 4.18 Å². The molecule has 0 spiro atoms. The molecule has 3 aromatic rings. The first-order valence-corrected chi connectivity index (χ1v) is 12.7. The molecule has 1 heterocycles. The summed E-state index contributed by atoms with van der Waals surface area (Å²) in [5.41, 5.74) is 5.41. The van der Waals surface area contributed by atoms with Crippen molar-refractivity contribution in [1.29, 1.82) is 0 Å². The number of aryl methyl sites for hydroxylation is 3. The van der Waals surface area contributed by atoms with E-state index < -0.39 is 10.1 Å². The molecule has 180 valence electrons. The summed E-state index contributed by atoms with van der Waals surface area (Å²) in [7, 11) is -4.18. The minimum Gasteiger partial charge on any atom is -0.358 e. The number of rotatable bonds is 7. The second-order valence-electron chi connectivity index (χ2n) is 8.48. The van der Waals surface area contributed by atoms with Gasteiger partial charge in [0.05, 0.1) is 5.69 Å². The van der Waals surface area contributed by atoms with E-state index >= 15 is 0 Å². The fourth-order valence-corrected chi connectivity index (χ4v) is 5.04. The summed E-state index contributed by atoms with van der Waals surface area (Å²) in [6.45, 7) is 13.4. The Bertz CT molecular complexity index is 1400. The molecule has 0 fully saturated rings. The van der Waals surface area contributed by atoms with Gasteiger partial charge in [-0.3, -0.25) is 4.79 Å². The van der Waals surface area contributed by atoms with Gasteiger partial charge in [0.15, 0.2) is 0 Å². The zero-order valence-corrected chi connectivity index (χ0v) is 22.1. The summed E-state index contributed by atoms with van der Waals surface area (Å²) >= 11 is 6.48. The number of ketones is 1. The average Bonchev–Trinajstić information content (AvgIpc) is 3.07. The zero-order valence-electron chi connectivity index (χ0n) is 20.5. The van der Waals surface area contributed by atoms with Crippen molar-refractivity contribution < 1.29 is 17.4 Å². The predicted octanol–water partition coefficient (Wildman–Crippen LogP) is 6.29. The molecule has 1 aromatic heterocycles. The number of hydrogen-bond donors (Lipinski definition) is 0. The van der Waals surface area contributed by atoms with E-state index in [-0.39, 0.29) is 22.1 Å². The van der Waals surface area contributed by atoms with Crippen LogP contribution in [0.5, 0.6) is 5.88 Å². The van der Waals surface area contributed by atoms with Gasteiger partial charge in [0.2, 0.25) is 11.7 Å². The molecule has 0 aliphatic rings. The lowest BCUT2D eigenvalue weighted by molar-refractivity contribution is 0.103. The number of carbonyl (C=O) groups is 1. The third-order valence-corrected chi connectivity index (χ3v) is 7.43. The third-order valence-electron chi connectivity index (χ3n) is 5.89. The maximum atomic E-state index is 13.8. The number of allylic oxidation sites excluding steroid dienone is 2. The Hall–Kier alpha value is -2.90. The average molecular weight is 501 g/mol. The third kappa shape index (κ3) is 4.81. The van der Waals surface area contributed by atoms with E-state index in [1.165, 1.54) is 16.8 Å². The molecule has 8 heteroatoms. The zero-order chi connectivity index (χ0) is 25.4. The molecule has 0 atom stereocenters. The maximum Gasteiger partial charge on any atom is 0.340 e. The molecule has 0 aliphatic heterocycles. The largest absolute Gasteiger partial charge is 0.358 e. The van der Waals surface area contributed by atoms with Crippen molar-refractivity contribution in [3.05, 3.63) is 80.5 Å². The first-order valence-electron chi connectivity index (χ1n) is 11.0. The molecule has 0 unspecified atom stereocenters. The normalized spacial score (nSPS) is 11.4. The summed E-state index contributed by atoms with van der Waals surface area (Å²) < 4.78 is 33.0. The SMILES string of the molecule is CCn1nc(C)c(C(=O)c2ccc(Cl)c(C(C)=C(C)C)c2C)c1OS(=O)(=O)c1ccc(C)cc1. The van der Waals surface area contributed by atoms with E-state index in [0.29, 0.717) is 28.4 Å². The first-order chi connectivity index (χ1) is 15.9. The van der Waals surface area contributed by atoms with E-state index in [1.807, 2.05) is 34.6 Å². The summed E-state index contributed by atoms with van der Waals surface area (Å²) in [6.07, 6.45) is 0. The second-order valence-corrected chi connectivity index (χ2v) is 10.4. The maximum absolute atomic E-state index is 13.8. The lowest BCUT2D eigenvalue weighted by Gasteiger charge is -2.15. The molecule has 0 N–H and O–H groups in total. The lowest BCUT2D eigenvalue weighted by Crippen LogP contribution is -2.16. The smallest absolute Gasteiger partial charge is 0.340 e. The summed E-state index contributed by atoms with van der Waals surface area (Å²) in [4.78, 5) is 13.8. The molecule has 3 rings (SSSR count). The van der Waals surface area contributed by atoms with Crippen LogP contribution in [0.1, 0.15) is 66.0 Å². The molecular formula is C26H29ClN2O4S. The van der Waals surface area contributed by atoms with Gasteiger partial charge in [-0.2, -0.15) is 13.5 Å². The first kappa shape index (κ1) is 25.7. The predicted molar refractivity (Wildman–Crippen MR) is 135 cm³/mol.